The molecule has 4 fully saturated rings. The van der Waals surface area contributed by atoms with Crippen LogP contribution in [0, 0.1) is 23.2 Å². The number of esters is 1. The molecule has 29 heavy (non-hydrogen) atoms. The van der Waals surface area contributed by atoms with Crippen LogP contribution in [0.15, 0.2) is 24.3 Å². The molecule has 5 rings (SSSR count). The molecule has 2 heterocycles. The van der Waals surface area contributed by atoms with Gasteiger partial charge in [0.2, 0.25) is 0 Å². The second kappa shape index (κ2) is 7.28. The van der Waals surface area contributed by atoms with E-state index in [1.54, 1.807) is 7.11 Å². The van der Waals surface area contributed by atoms with Crippen LogP contribution in [-0.2, 0) is 20.7 Å². The third-order valence-electron chi connectivity index (χ3n) is 8.19. The van der Waals surface area contributed by atoms with Crippen molar-refractivity contribution in [3.63, 3.8) is 0 Å². The molecule has 2 saturated heterocycles. The molecular weight excluding hydrogens is 366 g/mol. The monoisotopic (exact) mass is 399 g/mol. The number of nitrogens with one attached hydrogen (secondary N) is 1. The maximum Gasteiger partial charge on any atom is 0.310 e. The molecule has 0 amide bonds. The minimum Gasteiger partial charge on any atom is -0.497 e. The second-order valence-corrected chi connectivity index (χ2v) is 9.90. The van der Waals surface area contributed by atoms with Crippen LogP contribution in [-0.4, -0.2) is 44.5 Å². The van der Waals surface area contributed by atoms with Gasteiger partial charge in [0.1, 0.15) is 11.9 Å². The van der Waals surface area contributed by atoms with E-state index >= 15 is 0 Å². The highest BCUT2D eigenvalue weighted by atomic mass is 16.6. The quantitative estimate of drug-likeness (QED) is 0.452. The van der Waals surface area contributed by atoms with Crippen molar-refractivity contribution >= 4 is 5.97 Å². The van der Waals surface area contributed by atoms with E-state index in [-0.39, 0.29) is 29.0 Å². The van der Waals surface area contributed by atoms with Gasteiger partial charge in [-0.05, 0) is 74.1 Å². The first-order valence-corrected chi connectivity index (χ1v) is 11.2. The van der Waals surface area contributed by atoms with E-state index in [2.05, 4.69) is 24.4 Å². The first-order valence-electron chi connectivity index (χ1n) is 11.2. The number of hydrogen-bond acceptors (Lipinski definition) is 5. The van der Waals surface area contributed by atoms with E-state index in [4.69, 9.17) is 14.2 Å². The summed E-state index contributed by atoms with van der Waals surface area (Å²) in [5, 5.41) is 3.52. The van der Waals surface area contributed by atoms with Gasteiger partial charge < -0.3 is 19.5 Å². The standard InChI is InChI=1S/C24H33NO4/c1-23-9-3-10-24(15-28-24)21(23)12-18-19(22(26)29-20(18)13-23)14-25-11-8-16-4-6-17(27-2)7-5-16/h4-7,18-21,25H,3,8-15H2,1-2H3/t18-,19+,20+,21+,23+,24-/m0/s1. The van der Waals surface area contributed by atoms with E-state index in [0.717, 1.165) is 38.2 Å². The largest absolute Gasteiger partial charge is 0.497 e. The zero-order valence-corrected chi connectivity index (χ0v) is 17.6. The van der Waals surface area contributed by atoms with Crippen molar-refractivity contribution < 1.29 is 19.0 Å². The Morgan fingerprint density at radius 1 is 1.24 bits per heavy atom. The number of carbonyl (C=O) groups is 1. The van der Waals surface area contributed by atoms with Gasteiger partial charge >= 0.3 is 5.97 Å². The predicted octanol–water partition coefficient (Wildman–Crippen LogP) is 3.35. The minimum atomic E-state index is -0.0156. The third kappa shape index (κ3) is 3.46. The molecule has 0 unspecified atom stereocenters. The van der Waals surface area contributed by atoms with Gasteiger partial charge in [-0.1, -0.05) is 19.1 Å². The summed E-state index contributed by atoms with van der Waals surface area (Å²) in [5.41, 5.74) is 1.66. The van der Waals surface area contributed by atoms with Gasteiger partial charge in [-0.2, -0.15) is 0 Å². The van der Waals surface area contributed by atoms with Crippen molar-refractivity contribution in [2.45, 2.75) is 57.2 Å². The molecule has 1 aromatic carbocycles. The molecule has 1 spiro atoms. The summed E-state index contributed by atoms with van der Waals surface area (Å²) in [6, 6.07) is 8.18. The fraction of sp³-hybridized carbons (Fsp3) is 0.708. The highest BCUT2D eigenvalue weighted by Crippen LogP contribution is 2.62. The maximum atomic E-state index is 12.7. The van der Waals surface area contributed by atoms with Crippen LogP contribution < -0.4 is 10.1 Å². The first-order chi connectivity index (χ1) is 14.0. The molecule has 4 aliphatic rings. The molecule has 158 valence electrons. The summed E-state index contributed by atoms with van der Waals surface area (Å²) in [6.07, 6.45) is 6.83. The van der Waals surface area contributed by atoms with E-state index < -0.39 is 0 Å². The summed E-state index contributed by atoms with van der Waals surface area (Å²) < 4.78 is 17.1. The molecule has 2 aliphatic heterocycles. The van der Waals surface area contributed by atoms with Crippen molar-refractivity contribution in [1.82, 2.24) is 5.32 Å². The van der Waals surface area contributed by atoms with Gasteiger partial charge in [-0.3, -0.25) is 4.79 Å². The van der Waals surface area contributed by atoms with Gasteiger partial charge in [0.25, 0.3) is 0 Å². The number of rotatable bonds is 6. The lowest BCUT2D eigenvalue weighted by molar-refractivity contribution is -0.147. The van der Waals surface area contributed by atoms with Gasteiger partial charge in [0.15, 0.2) is 0 Å². The molecule has 2 aliphatic carbocycles. The fourth-order valence-electron chi connectivity index (χ4n) is 6.47. The van der Waals surface area contributed by atoms with E-state index in [9.17, 15) is 4.79 Å². The zero-order chi connectivity index (χ0) is 20.1. The summed E-state index contributed by atoms with van der Waals surface area (Å²) in [7, 11) is 1.68. The average molecular weight is 400 g/mol. The van der Waals surface area contributed by atoms with Crippen molar-refractivity contribution in [3.8, 4) is 5.75 Å². The molecule has 2 saturated carbocycles. The number of carbonyl (C=O) groups excluding carboxylic acids is 1. The second-order valence-electron chi connectivity index (χ2n) is 9.90. The SMILES string of the molecule is COc1ccc(CCNC[C@H]2C(=O)O[C@@H]3C[C@@]4(C)CCC[C@]5(CO5)[C@@H]4C[C@H]32)cc1. The Morgan fingerprint density at radius 3 is 2.76 bits per heavy atom. The fourth-order valence-corrected chi connectivity index (χ4v) is 6.47. The lowest BCUT2D eigenvalue weighted by atomic mass is 9.53. The van der Waals surface area contributed by atoms with Crippen molar-refractivity contribution in [1.29, 1.82) is 0 Å². The summed E-state index contributed by atoms with van der Waals surface area (Å²) in [5.74, 6) is 1.79. The van der Waals surface area contributed by atoms with Crippen LogP contribution in [0.1, 0.15) is 44.6 Å². The van der Waals surface area contributed by atoms with Gasteiger partial charge in [0.05, 0.1) is 25.2 Å². The number of epoxide rings is 1. The Hall–Kier alpha value is -1.59. The molecule has 6 atom stereocenters. The molecular formula is C24H33NO4. The molecule has 1 aromatic rings. The smallest absolute Gasteiger partial charge is 0.310 e. The number of ether oxygens (including phenoxy) is 3. The Balaban J connectivity index is 1.18. The van der Waals surface area contributed by atoms with E-state index in [1.165, 1.54) is 24.8 Å². The summed E-state index contributed by atoms with van der Waals surface area (Å²) in [4.78, 5) is 12.7. The van der Waals surface area contributed by atoms with Crippen molar-refractivity contribution in [3.05, 3.63) is 29.8 Å². The number of hydrogen-bond donors (Lipinski definition) is 1. The normalized spacial score (nSPS) is 40.3. The van der Waals surface area contributed by atoms with Crippen LogP contribution in [0.2, 0.25) is 0 Å². The van der Waals surface area contributed by atoms with Crippen LogP contribution in [0.4, 0.5) is 0 Å². The number of fused-ring (bicyclic) bond motifs is 3. The molecule has 0 aromatic heterocycles. The van der Waals surface area contributed by atoms with Crippen LogP contribution in [0.3, 0.4) is 0 Å². The Bertz CT molecular complexity index is 759. The highest BCUT2D eigenvalue weighted by molar-refractivity contribution is 5.75. The highest BCUT2D eigenvalue weighted by Gasteiger charge is 2.64. The first kappa shape index (κ1) is 19.4. The summed E-state index contributed by atoms with van der Waals surface area (Å²) >= 11 is 0. The molecule has 0 bridgehead atoms. The maximum absolute atomic E-state index is 12.7. The minimum absolute atomic E-state index is 0.00459. The van der Waals surface area contributed by atoms with Crippen LogP contribution >= 0.6 is 0 Å². The van der Waals surface area contributed by atoms with Gasteiger partial charge in [0, 0.05) is 12.5 Å². The molecule has 5 nitrogen and oxygen atoms in total. The number of methoxy groups -OCH3 is 1. The van der Waals surface area contributed by atoms with Crippen LogP contribution in [0.5, 0.6) is 5.75 Å². The predicted molar refractivity (Wildman–Crippen MR) is 110 cm³/mol. The lowest BCUT2D eigenvalue weighted by Crippen LogP contribution is -2.51. The van der Waals surface area contributed by atoms with Gasteiger partial charge in [-0.15, -0.1) is 0 Å². The summed E-state index contributed by atoms with van der Waals surface area (Å²) in [6.45, 7) is 4.91. The number of benzene rings is 1. The lowest BCUT2D eigenvalue weighted by Gasteiger charge is -2.51. The Morgan fingerprint density at radius 2 is 2.03 bits per heavy atom. The zero-order valence-electron chi connectivity index (χ0n) is 17.6. The Kier molecular flexibility index (Phi) is 4.86. The topological polar surface area (TPSA) is 60.1 Å². The van der Waals surface area contributed by atoms with E-state index in [1.807, 2.05) is 12.1 Å². The van der Waals surface area contributed by atoms with Crippen molar-refractivity contribution in [2.24, 2.45) is 23.2 Å². The van der Waals surface area contributed by atoms with E-state index in [0.29, 0.717) is 18.4 Å². The third-order valence-corrected chi connectivity index (χ3v) is 8.19. The molecule has 0 radical (unpaired) electrons. The van der Waals surface area contributed by atoms with Crippen LogP contribution in [0.25, 0.3) is 0 Å². The van der Waals surface area contributed by atoms with Gasteiger partial charge in [-0.25, -0.2) is 0 Å². The molecule has 1 N–H and O–H groups in total. The average Bonchev–Trinajstić information content (AvgIpc) is 3.41. The Labute approximate surface area is 173 Å². The molecule has 5 heteroatoms. The van der Waals surface area contributed by atoms with Crippen molar-refractivity contribution in [2.75, 3.05) is 26.8 Å².